The number of nitrogens with one attached hydrogen (secondary N) is 1. The number of ether oxygens (including phenoxy) is 2. The molecule has 5 nitrogen and oxygen atoms in total. The van der Waals surface area contributed by atoms with Crippen molar-refractivity contribution in [1.29, 1.82) is 0 Å². The van der Waals surface area contributed by atoms with Crippen LogP contribution in [0.25, 0.3) is 0 Å². The van der Waals surface area contributed by atoms with Crippen molar-refractivity contribution in [3.8, 4) is 11.5 Å². The van der Waals surface area contributed by atoms with Crippen LogP contribution in [-0.4, -0.2) is 45.7 Å². The number of likely N-dealkylation sites (N-methyl/N-ethyl adjacent to an activating group) is 1. The van der Waals surface area contributed by atoms with Crippen molar-refractivity contribution in [2.24, 2.45) is 5.92 Å². The first-order chi connectivity index (χ1) is 13.0. The highest BCUT2D eigenvalue weighted by Crippen LogP contribution is 2.47. The van der Waals surface area contributed by atoms with Crippen LogP contribution in [0.15, 0.2) is 48.5 Å². The Hall–Kier alpha value is -2.53. The zero-order chi connectivity index (χ0) is 19.4. The van der Waals surface area contributed by atoms with E-state index in [1.807, 2.05) is 50.5 Å². The van der Waals surface area contributed by atoms with E-state index in [4.69, 9.17) is 9.47 Å². The minimum atomic E-state index is 0.0667. The Morgan fingerprint density at radius 1 is 1.04 bits per heavy atom. The number of carbonyl (C=O) groups is 1. The Morgan fingerprint density at radius 2 is 1.59 bits per heavy atom. The molecule has 1 saturated carbocycles. The van der Waals surface area contributed by atoms with Crippen molar-refractivity contribution < 1.29 is 14.3 Å². The number of amides is 1. The van der Waals surface area contributed by atoms with Crippen LogP contribution in [-0.2, 0) is 4.79 Å². The van der Waals surface area contributed by atoms with Crippen LogP contribution < -0.4 is 14.8 Å². The van der Waals surface area contributed by atoms with Gasteiger partial charge in [-0.3, -0.25) is 4.79 Å². The minimum absolute atomic E-state index is 0.0667. The average molecular weight is 368 g/mol. The quantitative estimate of drug-likeness (QED) is 0.777. The van der Waals surface area contributed by atoms with Gasteiger partial charge in [-0.25, -0.2) is 0 Å². The van der Waals surface area contributed by atoms with Gasteiger partial charge in [0, 0.05) is 12.5 Å². The molecule has 3 unspecified atom stereocenters. The van der Waals surface area contributed by atoms with Crippen LogP contribution >= 0.6 is 0 Å². The molecule has 0 heterocycles. The topological polar surface area (TPSA) is 50.8 Å². The number of carbonyl (C=O) groups excluding carboxylic acids is 1. The molecule has 144 valence electrons. The first-order valence-corrected chi connectivity index (χ1v) is 9.25. The maximum absolute atomic E-state index is 12.6. The van der Waals surface area contributed by atoms with E-state index in [0.29, 0.717) is 12.5 Å². The Kier molecular flexibility index (Phi) is 6.01. The lowest BCUT2D eigenvalue weighted by molar-refractivity contribution is -0.122. The second-order valence-corrected chi connectivity index (χ2v) is 7.22. The van der Waals surface area contributed by atoms with Crippen LogP contribution in [0, 0.1) is 5.92 Å². The Bertz CT molecular complexity index is 756. The molecule has 27 heavy (non-hydrogen) atoms. The SMILES string of the molecule is COc1ccc(C2CC2C(=O)NCC(c2ccc(OC)cc2)N(C)C)cc1. The predicted molar refractivity (Wildman–Crippen MR) is 106 cm³/mol. The normalized spacial score (nSPS) is 19.4. The molecule has 1 amide bonds. The summed E-state index contributed by atoms with van der Waals surface area (Å²) in [5.41, 5.74) is 2.36. The summed E-state index contributed by atoms with van der Waals surface area (Å²) in [4.78, 5) is 14.7. The highest BCUT2D eigenvalue weighted by molar-refractivity contribution is 5.83. The van der Waals surface area contributed by atoms with Gasteiger partial charge in [-0.15, -0.1) is 0 Å². The van der Waals surface area contributed by atoms with Gasteiger partial charge in [-0.2, -0.15) is 0 Å². The number of rotatable bonds is 8. The average Bonchev–Trinajstić information content (AvgIpc) is 3.49. The van der Waals surface area contributed by atoms with Crippen molar-refractivity contribution >= 4 is 5.91 Å². The molecular formula is C22H28N2O3. The van der Waals surface area contributed by atoms with Crippen LogP contribution in [0.2, 0.25) is 0 Å². The smallest absolute Gasteiger partial charge is 0.223 e. The van der Waals surface area contributed by atoms with Crippen molar-refractivity contribution in [3.63, 3.8) is 0 Å². The third-order valence-electron chi connectivity index (χ3n) is 5.26. The van der Waals surface area contributed by atoms with E-state index in [1.165, 1.54) is 5.56 Å². The van der Waals surface area contributed by atoms with E-state index < -0.39 is 0 Å². The van der Waals surface area contributed by atoms with Gasteiger partial charge in [-0.1, -0.05) is 24.3 Å². The Balaban J connectivity index is 1.56. The van der Waals surface area contributed by atoms with Crippen molar-refractivity contribution in [1.82, 2.24) is 10.2 Å². The van der Waals surface area contributed by atoms with Crippen LogP contribution in [0.5, 0.6) is 11.5 Å². The van der Waals surface area contributed by atoms with E-state index in [2.05, 4.69) is 22.3 Å². The molecule has 0 aliphatic heterocycles. The summed E-state index contributed by atoms with van der Waals surface area (Å²) in [5.74, 6) is 2.19. The lowest BCUT2D eigenvalue weighted by Crippen LogP contribution is -2.35. The molecule has 0 bridgehead atoms. The van der Waals surface area contributed by atoms with E-state index in [-0.39, 0.29) is 17.9 Å². The number of methoxy groups -OCH3 is 2. The fourth-order valence-electron chi connectivity index (χ4n) is 3.46. The molecule has 3 rings (SSSR count). The molecule has 1 fully saturated rings. The van der Waals surface area contributed by atoms with Crippen LogP contribution in [0.4, 0.5) is 0 Å². The van der Waals surface area contributed by atoms with Gasteiger partial charge in [0.15, 0.2) is 0 Å². The minimum Gasteiger partial charge on any atom is -0.497 e. The molecule has 1 N–H and O–H groups in total. The maximum atomic E-state index is 12.6. The summed E-state index contributed by atoms with van der Waals surface area (Å²) >= 11 is 0. The fourth-order valence-corrected chi connectivity index (χ4v) is 3.46. The largest absolute Gasteiger partial charge is 0.497 e. The van der Waals surface area contributed by atoms with Gasteiger partial charge >= 0.3 is 0 Å². The number of benzene rings is 2. The summed E-state index contributed by atoms with van der Waals surface area (Å²) in [5, 5.41) is 3.14. The predicted octanol–water partition coefficient (Wildman–Crippen LogP) is 3.23. The van der Waals surface area contributed by atoms with Crippen molar-refractivity contribution in [2.45, 2.75) is 18.4 Å². The van der Waals surface area contributed by atoms with Crippen molar-refractivity contribution in [2.75, 3.05) is 34.9 Å². The first kappa shape index (κ1) is 19.2. The summed E-state index contributed by atoms with van der Waals surface area (Å²) in [7, 11) is 7.37. The van der Waals surface area contributed by atoms with Crippen molar-refractivity contribution in [3.05, 3.63) is 59.7 Å². The molecule has 1 aliphatic rings. The number of nitrogens with zero attached hydrogens (tertiary/aromatic N) is 1. The van der Waals surface area contributed by atoms with Gasteiger partial charge < -0.3 is 19.7 Å². The summed E-state index contributed by atoms with van der Waals surface area (Å²) < 4.78 is 10.4. The molecule has 2 aromatic rings. The maximum Gasteiger partial charge on any atom is 0.223 e. The fraction of sp³-hybridized carbons (Fsp3) is 0.409. The highest BCUT2D eigenvalue weighted by Gasteiger charge is 2.43. The number of hydrogen-bond donors (Lipinski definition) is 1. The monoisotopic (exact) mass is 368 g/mol. The number of hydrogen-bond acceptors (Lipinski definition) is 4. The molecular weight excluding hydrogens is 340 g/mol. The summed E-state index contributed by atoms with van der Waals surface area (Å²) in [6.07, 6.45) is 0.910. The summed E-state index contributed by atoms with van der Waals surface area (Å²) in [6, 6.07) is 16.1. The van der Waals surface area contributed by atoms with E-state index in [9.17, 15) is 4.79 Å². The van der Waals surface area contributed by atoms with Gasteiger partial charge in [0.05, 0.1) is 20.3 Å². The van der Waals surface area contributed by atoms with Gasteiger partial charge in [0.1, 0.15) is 11.5 Å². The van der Waals surface area contributed by atoms with Gasteiger partial charge in [-0.05, 0) is 61.8 Å². The summed E-state index contributed by atoms with van der Waals surface area (Å²) in [6.45, 7) is 0.587. The molecule has 2 aromatic carbocycles. The van der Waals surface area contributed by atoms with Crippen LogP contribution in [0.1, 0.15) is 29.5 Å². The molecule has 3 atom stereocenters. The Morgan fingerprint density at radius 3 is 2.11 bits per heavy atom. The zero-order valence-corrected chi connectivity index (χ0v) is 16.4. The second-order valence-electron chi connectivity index (χ2n) is 7.22. The molecule has 0 saturated heterocycles. The molecule has 0 spiro atoms. The van der Waals surface area contributed by atoms with E-state index >= 15 is 0 Å². The third kappa shape index (κ3) is 4.61. The standard InChI is InChI=1S/C22H28N2O3/c1-24(2)21(16-7-11-18(27-4)12-8-16)14-23-22(25)20-13-19(20)15-5-9-17(26-3)10-6-15/h5-12,19-21H,13-14H2,1-4H3,(H,23,25). The lowest BCUT2D eigenvalue weighted by atomic mass is 10.1. The van der Waals surface area contributed by atoms with Crippen LogP contribution in [0.3, 0.4) is 0 Å². The zero-order valence-electron chi connectivity index (χ0n) is 16.4. The van der Waals surface area contributed by atoms with Gasteiger partial charge in [0.2, 0.25) is 5.91 Å². The third-order valence-corrected chi connectivity index (χ3v) is 5.26. The highest BCUT2D eigenvalue weighted by atomic mass is 16.5. The molecule has 0 aromatic heterocycles. The molecule has 1 aliphatic carbocycles. The molecule has 5 heteroatoms. The molecule has 0 radical (unpaired) electrons. The Labute approximate surface area is 161 Å². The first-order valence-electron chi connectivity index (χ1n) is 9.25. The van der Waals surface area contributed by atoms with Gasteiger partial charge in [0.25, 0.3) is 0 Å². The second kappa shape index (κ2) is 8.44. The van der Waals surface area contributed by atoms with E-state index in [0.717, 1.165) is 23.5 Å². The lowest BCUT2D eigenvalue weighted by Gasteiger charge is -2.25. The van der Waals surface area contributed by atoms with E-state index in [1.54, 1.807) is 14.2 Å².